The maximum absolute atomic E-state index is 13.4. The fraction of sp³-hybridized carbons (Fsp3) is 0.500. The molecule has 1 amide bonds. The van der Waals surface area contributed by atoms with Gasteiger partial charge in [0.05, 0.1) is 19.1 Å². The van der Waals surface area contributed by atoms with Gasteiger partial charge in [-0.15, -0.1) is 0 Å². The van der Waals surface area contributed by atoms with Gasteiger partial charge < -0.3 is 14.7 Å². The third-order valence-corrected chi connectivity index (χ3v) is 4.54. The molecule has 0 bridgehead atoms. The zero-order valence-corrected chi connectivity index (χ0v) is 15.7. The average Bonchev–Trinajstić information content (AvgIpc) is 2.99. The topological polar surface area (TPSA) is 66.8 Å². The summed E-state index contributed by atoms with van der Waals surface area (Å²) in [7, 11) is 0. The van der Waals surface area contributed by atoms with Crippen molar-refractivity contribution in [1.29, 1.82) is 0 Å². The predicted octanol–water partition coefficient (Wildman–Crippen LogP) is 4.33. The Kier molecular flexibility index (Phi) is 6.05. The lowest BCUT2D eigenvalue weighted by molar-refractivity contribution is -0.141. The van der Waals surface area contributed by atoms with Crippen molar-refractivity contribution in [2.24, 2.45) is 5.41 Å². The summed E-state index contributed by atoms with van der Waals surface area (Å²) >= 11 is 0. The highest BCUT2D eigenvalue weighted by Gasteiger charge is 2.42. The molecular formula is C20H26FNO4. The lowest BCUT2D eigenvalue weighted by Crippen LogP contribution is -2.43. The minimum Gasteiger partial charge on any atom is -0.466 e. The summed E-state index contributed by atoms with van der Waals surface area (Å²) in [6, 6.07) is 5.59. The summed E-state index contributed by atoms with van der Waals surface area (Å²) in [5, 5.41) is 9.58. The lowest BCUT2D eigenvalue weighted by Gasteiger charge is -2.35. The molecule has 0 aromatic heterocycles. The molecule has 26 heavy (non-hydrogen) atoms. The van der Waals surface area contributed by atoms with E-state index in [4.69, 9.17) is 4.74 Å². The van der Waals surface area contributed by atoms with Gasteiger partial charge in [0.15, 0.2) is 0 Å². The molecule has 1 N–H and O–H groups in total. The van der Waals surface area contributed by atoms with Gasteiger partial charge in [0, 0.05) is 6.54 Å². The molecular weight excluding hydrogens is 337 g/mol. The van der Waals surface area contributed by atoms with Gasteiger partial charge in [0.2, 0.25) is 0 Å². The molecule has 1 aliphatic heterocycles. The highest BCUT2D eigenvalue weighted by molar-refractivity contribution is 5.87. The zero-order valence-electron chi connectivity index (χ0n) is 15.7. The van der Waals surface area contributed by atoms with E-state index in [9.17, 15) is 19.1 Å². The van der Waals surface area contributed by atoms with Crippen LogP contribution in [0.2, 0.25) is 0 Å². The molecule has 5 nitrogen and oxygen atoms in total. The van der Waals surface area contributed by atoms with E-state index in [1.165, 1.54) is 17.0 Å². The Morgan fingerprint density at radius 2 is 1.88 bits per heavy atom. The Labute approximate surface area is 153 Å². The monoisotopic (exact) mass is 363 g/mol. The third kappa shape index (κ3) is 4.42. The van der Waals surface area contributed by atoms with Gasteiger partial charge in [-0.1, -0.05) is 32.9 Å². The summed E-state index contributed by atoms with van der Waals surface area (Å²) in [4.78, 5) is 25.3. The lowest BCUT2D eigenvalue weighted by atomic mass is 9.79. The predicted molar refractivity (Wildman–Crippen MR) is 97.2 cm³/mol. The molecule has 1 aliphatic rings. The number of carbonyl (C=O) groups is 2. The number of rotatable bonds is 4. The highest BCUT2D eigenvalue weighted by Crippen LogP contribution is 2.41. The SMILES string of the molecule is CCOC(=O)CC(=C1CCN(C(=O)O)C1C(C)(C)C)c1ccc(F)cc1. The molecule has 1 aromatic rings. The van der Waals surface area contributed by atoms with E-state index >= 15 is 0 Å². The van der Waals surface area contributed by atoms with Crippen molar-refractivity contribution in [2.75, 3.05) is 13.2 Å². The van der Waals surface area contributed by atoms with Crippen LogP contribution >= 0.6 is 0 Å². The van der Waals surface area contributed by atoms with Crippen LogP contribution in [0.5, 0.6) is 0 Å². The van der Waals surface area contributed by atoms with Gasteiger partial charge in [0.25, 0.3) is 0 Å². The molecule has 1 fully saturated rings. The molecule has 1 atom stereocenters. The van der Waals surface area contributed by atoms with Crippen molar-refractivity contribution in [3.63, 3.8) is 0 Å². The molecule has 0 radical (unpaired) electrons. The second-order valence-electron chi connectivity index (χ2n) is 7.49. The number of amides is 1. The Hall–Kier alpha value is -2.37. The number of halogens is 1. The van der Waals surface area contributed by atoms with Crippen molar-refractivity contribution >= 4 is 17.6 Å². The molecule has 0 saturated carbocycles. The van der Waals surface area contributed by atoms with Gasteiger partial charge in [-0.05, 0) is 47.6 Å². The summed E-state index contributed by atoms with van der Waals surface area (Å²) in [5.74, 6) is -0.735. The van der Waals surface area contributed by atoms with Crippen LogP contribution in [-0.2, 0) is 9.53 Å². The van der Waals surface area contributed by atoms with Gasteiger partial charge in [-0.2, -0.15) is 0 Å². The molecule has 6 heteroatoms. The maximum Gasteiger partial charge on any atom is 0.407 e. The smallest absolute Gasteiger partial charge is 0.407 e. The minimum atomic E-state index is -0.977. The number of hydrogen-bond acceptors (Lipinski definition) is 3. The molecule has 1 aromatic carbocycles. The first-order valence-electron chi connectivity index (χ1n) is 8.78. The van der Waals surface area contributed by atoms with Crippen LogP contribution in [0.25, 0.3) is 5.57 Å². The van der Waals surface area contributed by atoms with Crippen LogP contribution in [0.3, 0.4) is 0 Å². The van der Waals surface area contributed by atoms with Crippen molar-refractivity contribution < 1.29 is 23.8 Å². The van der Waals surface area contributed by atoms with Crippen LogP contribution in [0.1, 0.15) is 46.1 Å². The summed E-state index contributed by atoms with van der Waals surface area (Å²) < 4.78 is 18.4. The van der Waals surface area contributed by atoms with Gasteiger partial charge in [-0.3, -0.25) is 4.79 Å². The van der Waals surface area contributed by atoms with E-state index in [0.717, 1.165) is 16.7 Å². The van der Waals surface area contributed by atoms with Crippen molar-refractivity contribution in [3.05, 3.63) is 41.2 Å². The Bertz CT molecular complexity index is 704. The van der Waals surface area contributed by atoms with Crippen molar-refractivity contribution in [1.82, 2.24) is 4.90 Å². The first kappa shape index (κ1) is 19.9. The normalized spacial score (nSPS) is 19.4. The fourth-order valence-electron chi connectivity index (χ4n) is 3.62. The number of esters is 1. The van der Waals surface area contributed by atoms with Crippen LogP contribution in [0.15, 0.2) is 29.8 Å². The number of carbonyl (C=O) groups excluding carboxylic acids is 1. The largest absolute Gasteiger partial charge is 0.466 e. The van der Waals surface area contributed by atoms with E-state index in [1.807, 2.05) is 20.8 Å². The van der Waals surface area contributed by atoms with E-state index < -0.39 is 6.09 Å². The third-order valence-electron chi connectivity index (χ3n) is 4.54. The summed E-state index contributed by atoms with van der Waals surface area (Å²) in [5.41, 5.74) is 2.01. The highest BCUT2D eigenvalue weighted by atomic mass is 19.1. The van der Waals surface area contributed by atoms with Gasteiger partial charge in [0.1, 0.15) is 5.82 Å². The van der Waals surface area contributed by atoms with Crippen molar-refractivity contribution in [2.45, 2.75) is 46.6 Å². The zero-order chi connectivity index (χ0) is 19.5. The summed E-state index contributed by atoms with van der Waals surface area (Å²) in [6.45, 7) is 8.32. The molecule has 2 rings (SSSR count). The number of carboxylic acid groups (broad SMARTS) is 1. The first-order valence-corrected chi connectivity index (χ1v) is 8.78. The van der Waals surface area contributed by atoms with E-state index in [2.05, 4.69) is 0 Å². The molecule has 0 aliphatic carbocycles. The van der Waals surface area contributed by atoms with Crippen LogP contribution < -0.4 is 0 Å². The molecule has 1 unspecified atom stereocenters. The van der Waals surface area contributed by atoms with Crippen LogP contribution in [0.4, 0.5) is 9.18 Å². The van der Waals surface area contributed by atoms with Crippen LogP contribution in [-0.4, -0.2) is 41.3 Å². The van der Waals surface area contributed by atoms with E-state index in [-0.39, 0.29) is 36.3 Å². The van der Waals surface area contributed by atoms with E-state index in [0.29, 0.717) is 13.0 Å². The van der Waals surface area contributed by atoms with Crippen molar-refractivity contribution in [3.8, 4) is 0 Å². The Morgan fingerprint density at radius 3 is 2.38 bits per heavy atom. The van der Waals surface area contributed by atoms with Gasteiger partial charge >= 0.3 is 12.1 Å². The fourth-order valence-corrected chi connectivity index (χ4v) is 3.62. The molecule has 1 saturated heterocycles. The number of nitrogens with zero attached hydrogens (tertiary/aromatic N) is 1. The maximum atomic E-state index is 13.4. The minimum absolute atomic E-state index is 0.0366. The number of benzene rings is 1. The molecule has 1 heterocycles. The second-order valence-corrected chi connectivity index (χ2v) is 7.49. The van der Waals surface area contributed by atoms with E-state index in [1.54, 1.807) is 19.1 Å². The number of ether oxygens (including phenoxy) is 1. The Morgan fingerprint density at radius 1 is 1.27 bits per heavy atom. The number of likely N-dealkylation sites (tertiary alicyclic amines) is 1. The standard InChI is InChI=1S/C20H26FNO4/c1-5-26-17(23)12-16(13-6-8-14(21)9-7-13)15-10-11-22(19(24)25)18(15)20(2,3)4/h6-9,18H,5,10-12H2,1-4H3,(H,24,25). The molecule has 142 valence electrons. The van der Waals surface area contributed by atoms with Crippen LogP contribution in [0, 0.1) is 11.2 Å². The second kappa shape index (κ2) is 7.89. The first-order chi connectivity index (χ1) is 12.1. The van der Waals surface area contributed by atoms with Gasteiger partial charge in [-0.25, -0.2) is 9.18 Å². The summed E-state index contributed by atoms with van der Waals surface area (Å²) in [6.07, 6.45) is -0.399. The Balaban J connectivity index is 2.57. The molecule has 0 spiro atoms. The average molecular weight is 363 g/mol. The number of hydrogen-bond donors (Lipinski definition) is 1. The quantitative estimate of drug-likeness (QED) is 0.809.